The van der Waals surface area contributed by atoms with Crippen molar-refractivity contribution in [2.75, 3.05) is 21.3 Å². The van der Waals surface area contributed by atoms with E-state index in [1.165, 1.54) is 27.4 Å². The van der Waals surface area contributed by atoms with Gasteiger partial charge in [-0.25, -0.2) is 13.6 Å². The Bertz CT molecular complexity index is 1600. The average molecular weight is 521 g/mol. The maximum absolute atomic E-state index is 12.8. The molecule has 0 heterocycles. The lowest BCUT2D eigenvalue weighted by atomic mass is 9.85. The number of primary sulfonamides is 1. The molecule has 9 nitrogen and oxygen atoms in total. The van der Waals surface area contributed by atoms with Crippen LogP contribution in [0.1, 0.15) is 0 Å². The molecule has 4 aromatic carbocycles. The topological polar surface area (TPSA) is 131 Å². The Hall–Kier alpha value is -4.41. The monoisotopic (exact) mass is 520 g/mol. The molecule has 0 aliphatic carbocycles. The molecule has 0 unspecified atom stereocenters. The summed E-state index contributed by atoms with van der Waals surface area (Å²) in [4.78, 5) is 11.2. The minimum Gasteiger partial charge on any atom is -0.496 e. The summed E-state index contributed by atoms with van der Waals surface area (Å²) in [5, 5.41) is 18.1. The second kappa shape index (κ2) is 10.3. The summed E-state index contributed by atoms with van der Waals surface area (Å²) >= 11 is 0. The van der Waals surface area contributed by atoms with Crippen LogP contribution in [0.25, 0.3) is 33.4 Å². The molecule has 0 bridgehead atoms. The van der Waals surface area contributed by atoms with Crippen molar-refractivity contribution in [2.24, 2.45) is 5.14 Å². The summed E-state index contributed by atoms with van der Waals surface area (Å²) in [5.74, 6) is 1.16. The van der Waals surface area contributed by atoms with Gasteiger partial charge in [0.05, 0.1) is 31.8 Å². The van der Waals surface area contributed by atoms with Crippen molar-refractivity contribution in [2.45, 2.75) is 4.90 Å². The Kier molecular flexibility index (Phi) is 7.14. The van der Waals surface area contributed by atoms with Crippen molar-refractivity contribution in [1.29, 1.82) is 0 Å². The van der Waals surface area contributed by atoms with Crippen LogP contribution in [-0.4, -0.2) is 34.7 Å². The zero-order valence-electron chi connectivity index (χ0n) is 20.3. The van der Waals surface area contributed by atoms with Crippen LogP contribution < -0.4 is 19.3 Å². The van der Waals surface area contributed by atoms with Gasteiger partial charge < -0.3 is 14.2 Å². The van der Waals surface area contributed by atoms with Gasteiger partial charge in [-0.15, -0.1) is 0 Å². The molecule has 0 saturated heterocycles. The van der Waals surface area contributed by atoms with Gasteiger partial charge in [-0.05, 0) is 29.8 Å². The number of nitro groups is 1. The third kappa shape index (κ3) is 4.72. The molecule has 190 valence electrons. The van der Waals surface area contributed by atoms with Crippen LogP contribution in [0.15, 0.2) is 83.8 Å². The van der Waals surface area contributed by atoms with Crippen molar-refractivity contribution in [3.63, 3.8) is 0 Å². The highest BCUT2D eigenvalue weighted by Gasteiger charge is 2.35. The molecule has 4 aromatic rings. The largest absolute Gasteiger partial charge is 0.496 e. The molecule has 0 amide bonds. The third-order valence-corrected chi connectivity index (χ3v) is 6.83. The first kappa shape index (κ1) is 25.7. The standard InChI is InChI=1S/C27H24N2O7S/c1-34-21-13-7-4-10-17(21)20-16-24(37(28,32)33)27(29(30)31)26(19-12-6-9-15-23(19)36-3)25(20)18-11-5-8-14-22(18)35-2/h4-16H,1-3H3,(H2,28,32,33). The number of methoxy groups -OCH3 is 3. The van der Waals surface area contributed by atoms with E-state index >= 15 is 0 Å². The first-order valence-electron chi connectivity index (χ1n) is 11.0. The van der Waals surface area contributed by atoms with Crippen molar-refractivity contribution >= 4 is 15.7 Å². The molecule has 0 saturated carbocycles. The molecular weight excluding hydrogens is 496 g/mol. The molecule has 0 atom stereocenters. The molecule has 0 aromatic heterocycles. The van der Waals surface area contributed by atoms with E-state index in [1.54, 1.807) is 72.8 Å². The van der Waals surface area contributed by atoms with Gasteiger partial charge in [0.25, 0.3) is 5.69 Å². The van der Waals surface area contributed by atoms with Crippen LogP contribution in [0.3, 0.4) is 0 Å². The number of sulfonamides is 1. The zero-order chi connectivity index (χ0) is 26.7. The quantitative estimate of drug-likeness (QED) is 0.247. The highest BCUT2D eigenvalue weighted by atomic mass is 32.2. The normalized spacial score (nSPS) is 11.1. The fourth-order valence-corrected chi connectivity index (χ4v) is 5.10. The second-order valence-corrected chi connectivity index (χ2v) is 9.45. The fraction of sp³-hybridized carbons (Fsp3) is 0.111. The van der Waals surface area contributed by atoms with Gasteiger partial charge in [0.1, 0.15) is 17.2 Å². The summed E-state index contributed by atoms with van der Waals surface area (Å²) in [5.41, 5.74) is 1.34. The molecule has 4 rings (SSSR count). The van der Waals surface area contributed by atoms with Crippen molar-refractivity contribution in [3.8, 4) is 50.6 Å². The Morgan fingerprint density at radius 1 is 0.676 bits per heavy atom. The number of ether oxygens (including phenoxy) is 3. The average Bonchev–Trinajstić information content (AvgIpc) is 2.91. The fourth-order valence-electron chi connectivity index (χ4n) is 4.37. The van der Waals surface area contributed by atoms with Gasteiger partial charge in [-0.3, -0.25) is 10.1 Å². The minimum atomic E-state index is -4.55. The van der Waals surface area contributed by atoms with Crippen LogP contribution in [0.4, 0.5) is 5.69 Å². The predicted molar refractivity (Wildman–Crippen MR) is 140 cm³/mol. The summed E-state index contributed by atoms with van der Waals surface area (Å²) < 4.78 is 42.3. The van der Waals surface area contributed by atoms with Gasteiger partial charge in [-0.2, -0.15) is 0 Å². The van der Waals surface area contributed by atoms with Gasteiger partial charge in [0.2, 0.25) is 10.0 Å². The molecule has 10 heteroatoms. The van der Waals surface area contributed by atoms with E-state index in [2.05, 4.69) is 0 Å². The summed E-state index contributed by atoms with van der Waals surface area (Å²) in [6.07, 6.45) is 0. The lowest BCUT2D eigenvalue weighted by Gasteiger charge is -2.22. The maximum Gasteiger partial charge on any atom is 0.297 e. The van der Waals surface area contributed by atoms with E-state index < -0.39 is 25.5 Å². The lowest BCUT2D eigenvalue weighted by molar-refractivity contribution is -0.387. The van der Waals surface area contributed by atoms with E-state index in [1.807, 2.05) is 0 Å². The number of hydrogen-bond acceptors (Lipinski definition) is 7. The van der Waals surface area contributed by atoms with E-state index in [0.717, 1.165) is 0 Å². The molecule has 0 aliphatic heterocycles. The third-order valence-electron chi connectivity index (χ3n) is 5.90. The first-order chi connectivity index (χ1) is 17.7. The van der Waals surface area contributed by atoms with Crippen LogP contribution in [0.2, 0.25) is 0 Å². The van der Waals surface area contributed by atoms with Crippen LogP contribution >= 0.6 is 0 Å². The Labute approximate surface area is 214 Å². The van der Waals surface area contributed by atoms with Gasteiger partial charge >= 0.3 is 0 Å². The Balaban J connectivity index is 2.38. The second-order valence-electron chi connectivity index (χ2n) is 7.92. The molecular formula is C27H24N2O7S. The number of para-hydroxylation sites is 3. The van der Waals surface area contributed by atoms with E-state index in [0.29, 0.717) is 45.1 Å². The summed E-state index contributed by atoms with van der Waals surface area (Å²) in [6.45, 7) is 0. The zero-order valence-corrected chi connectivity index (χ0v) is 21.1. The summed E-state index contributed by atoms with van der Waals surface area (Å²) in [7, 11) is -0.155. The summed E-state index contributed by atoms with van der Waals surface area (Å²) in [6, 6.07) is 21.8. The first-order valence-corrected chi connectivity index (χ1v) is 12.6. The number of nitrogens with zero attached hydrogens (tertiary/aromatic N) is 1. The van der Waals surface area contributed by atoms with Crippen LogP contribution in [0, 0.1) is 10.1 Å². The minimum absolute atomic E-state index is 0.0133. The van der Waals surface area contributed by atoms with E-state index in [4.69, 9.17) is 19.3 Å². The molecule has 0 radical (unpaired) electrons. The highest BCUT2D eigenvalue weighted by Crippen LogP contribution is 2.52. The molecule has 2 N–H and O–H groups in total. The van der Waals surface area contributed by atoms with Crippen LogP contribution in [0.5, 0.6) is 17.2 Å². The Morgan fingerprint density at radius 3 is 1.51 bits per heavy atom. The number of nitro benzene ring substituents is 1. The number of hydrogen-bond donors (Lipinski definition) is 1. The van der Waals surface area contributed by atoms with Gasteiger partial charge in [-0.1, -0.05) is 54.6 Å². The smallest absolute Gasteiger partial charge is 0.297 e. The maximum atomic E-state index is 12.8. The molecule has 0 fully saturated rings. The number of benzene rings is 4. The van der Waals surface area contributed by atoms with Gasteiger partial charge in [0.15, 0.2) is 4.90 Å². The van der Waals surface area contributed by atoms with Gasteiger partial charge in [0, 0.05) is 22.3 Å². The Morgan fingerprint density at radius 2 is 1.08 bits per heavy atom. The SMILES string of the molecule is COc1ccccc1-c1cc(S(N)(=O)=O)c([N+](=O)[O-])c(-c2ccccc2OC)c1-c1ccccc1OC. The van der Waals surface area contributed by atoms with E-state index in [9.17, 15) is 18.5 Å². The predicted octanol–water partition coefficient (Wildman–Crippen LogP) is 5.27. The molecule has 0 spiro atoms. The van der Waals surface area contributed by atoms with Crippen molar-refractivity contribution in [1.82, 2.24) is 0 Å². The number of nitrogens with two attached hydrogens (primary N) is 1. The van der Waals surface area contributed by atoms with Crippen molar-refractivity contribution in [3.05, 3.63) is 89.0 Å². The molecule has 37 heavy (non-hydrogen) atoms. The number of rotatable bonds is 8. The van der Waals surface area contributed by atoms with E-state index in [-0.39, 0.29) is 5.56 Å². The lowest BCUT2D eigenvalue weighted by Crippen LogP contribution is -2.16. The molecule has 0 aliphatic rings. The van der Waals surface area contributed by atoms with Crippen LogP contribution in [-0.2, 0) is 10.0 Å². The highest BCUT2D eigenvalue weighted by molar-refractivity contribution is 7.89. The van der Waals surface area contributed by atoms with Crippen molar-refractivity contribution < 1.29 is 27.6 Å².